The molecular formula is C12H13Cl2NO2. The van der Waals surface area contributed by atoms with Crippen LogP contribution in [0.3, 0.4) is 0 Å². The van der Waals surface area contributed by atoms with Gasteiger partial charge < -0.3 is 10.4 Å². The van der Waals surface area contributed by atoms with Crippen LogP contribution in [-0.4, -0.2) is 17.6 Å². The van der Waals surface area contributed by atoms with Gasteiger partial charge in [0.1, 0.15) is 0 Å². The van der Waals surface area contributed by atoms with Gasteiger partial charge in [-0.2, -0.15) is 0 Å². The zero-order valence-electron chi connectivity index (χ0n) is 9.34. The number of carboxylic acids is 1. The number of nitrogens with one attached hydrogen (secondary N) is 1. The highest BCUT2D eigenvalue weighted by molar-refractivity contribution is 6.43. The van der Waals surface area contributed by atoms with Gasteiger partial charge in [-0.3, -0.25) is 0 Å². The largest absolute Gasteiger partial charge is 0.478 e. The molecule has 0 fully saturated rings. The molecule has 3 nitrogen and oxygen atoms in total. The van der Waals surface area contributed by atoms with E-state index >= 15 is 0 Å². The highest BCUT2D eigenvalue weighted by Crippen LogP contribution is 2.29. The van der Waals surface area contributed by atoms with Gasteiger partial charge >= 0.3 is 5.97 Å². The normalized spacial score (nSPS) is 11.4. The first kappa shape index (κ1) is 13.9. The average Bonchev–Trinajstić information content (AvgIpc) is 2.29. The van der Waals surface area contributed by atoms with E-state index in [0.29, 0.717) is 34.3 Å². The van der Waals surface area contributed by atoms with Crippen LogP contribution in [0, 0.1) is 0 Å². The molecule has 0 saturated heterocycles. The summed E-state index contributed by atoms with van der Waals surface area (Å²) in [6.45, 7) is 2.20. The first-order chi connectivity index (χ1) is 8.06. The highest BCUT2D eigenvalue weighted by atomic mass is 35.5. The predicted octanol–water partition coefficient (Wildman–Crippen LogP) is 3.83. The lowest BCUT2D eigenvalue weighted by molar-refractivity contribution is -0.132. The van der Waals surface area contributed by atoms with E-state index in [9.17, 15) is 4.79 Å². The van der Waals surface area contributed by atoms with Crippen LogP contribution in [0.5, 0.6) is 0 Å². The van der Waals surface area contributed by atoms with Crippen LogP contribution < -0.4 is 5.32 Å². The van der Waals surface area contributed by atoms with Crippen molar-refractivity contribution in [3.05, 3.63) is 39.9 Å². The van der Waals surface area contributed by atoms with E-state index in [-0.39, 0.29) is 0 Å². The molecular weight excluding hydrogens is 261 g/mol. The number of hydrogen-bond donors (Lipinski definition) is 2. The molecule has 2 N–H and O–H groups in total. The minimum atomic E-state index is -0.897. The second kappa shape index (κ2) is 6.52. The summed E-state index contributed by atoms with van der Waals surface area (Å²) >= 11 is 11.8. The molecule has 0 heterocycles. The van der Waals surface area contributed by atoms with Crippen LogP contribution >= 0.6 is 23.2 Å². The number of anilines is 1. The SMILES string of the molecule is CC/C(=C/CNc1cccc(Cl)c1Cl)C(=O)O. The number of halogens is 2. The van der Waals surface area contributed by atoms with Gasteiger partial charge in [0.05, 0.1) is 15.7 Å². The molecule has 0 atom stereocenters. The van der Waals surface area contributed by atoms with Crippen molar-refractivity contribution in [3.8, 4) is 0 Å². The van der Waals surface area contributed by atoms with Crippen LogP contribution in [0.15, 0.2) is 29.8 Å². The second-order valence-electron chi connectivity index (χ2n) is 3.37. The Kier molecular flexibility index (Phi) is 5.32. The molecule has 0 unspecified atom stereocenters. The van der Waals surface area contributed by atoms with E-state index in [1.807, 2.05) is 0 Å². The van der Waals surface area contributed by atoms with Gasteiger partial charge in [-0.05, 0) is 18.6 Å². The molecule has 0 spiro atoms. The lowest BCUT2D eigenvalue weighted by atomic mass is 10.2. The number of benzene rings is 1. The average molecular weight is 274 g/mol. The zero-order chi connectivity index (χ0) is 12.8. The molecule has 1 aromatic carbocycles. The van der Waals surface area contributed by atoms with Crippen LogP contribution in [0.25, 0.3) is 0 Å². The molecule has 92 valence electrons. The third-order valence-corrected chi connectivity index (χ3v) is 3.07. The molecule has 0 aliphatic heterocycles. The lowest BCUT2D eigenvalue weighted by Gasteiger charge is -2.07. The third-order valence-electron chi connectivity index (χ3n) is 2.25. The predicted molar refractivity (Wildman–Crippen MR) is 71.0 cm³/mol. The molecule has 5 heteroatoms. The molecule has 0 aliphatic rings. The van der Waals surface area contributed by atoms with Gasteiger partial charge in [0.15, 0.2) is 0 Å². The summed E-state index contributed by atoms with van der Waals surface area (Å²) in [5, 5.41) is 12.8. The molecule has 0 saturated carbocycles. The maximum Gasteiger partial charge on any atom is 0.331 e. The quantitative estimate of drug-likeness (QED) is 0.802. The Morgan fingerprint density at radius 2 is 2.18 bits per heavy atom. The molecule has 1 rings (SSSR count). The van der Waals surface area contributed by atoms with Crippen molar-refractivity contribution >= 4 is 34.9 Å². The summed E-state index contributed by atoms with van der Waals surface area (Å²) in [5.41, 5.74) is 1.06. The maximum absolute atomic E-state index is 10.8. The van der Waals surface area contributed by atoms with Crippen molar-refractivity contribution < 1.29 is 9.90 Å². The van der Waals surface area contributed by atoms with Crippen molar-refractivity contribution in [1.82, 2.24) is 0 Å². The first-order valence-corrected chi connectivity index (χ1v) is 5.92. The van der Waals surface area contributed by atoms with E-state index < -0.39 is 5.97 Å². The number of aliphatic carboxylic acids is 1. The van der Waals surface area contributed by atoms with Crippen LogP contribution in [0.4, 0.5) is 5.69 Å². The minimum absolute atomic E-state index is 0.371. The van der Waals surface area contributed by atoms with E-state index in [2.05, 4.69) is 5.32 Å². The Hall–Kier alpha value is -1.19. The van der Waals surface area contributed by atoms with Gasteiger partial charge in [-0.25, -0.2) is 4.79 Å². The molecule has 1 aromatic rings. The maximum atomic E-state index is 10.8. The summed E-state index contributed by atoms with van der Waals surface area (Å²) in [4.78, 5) is 10.8. The fourth-order valence-electron chi connectivity index (χ4n) is 1.31. The third kappa shape index (κ3) is 3.95. The number of carboxylic acid groups (broad SMARTS) is 1. The number of rotatable bonds is 5. The van der Waals surface area contributed by atoms with Gasteiger partial charge in [-0.1, -0.05) is 42.3 Å². The van der Waals surface area contributed by atoms with E-state index in [1.54, 1.807) is 31.2 Å². The summed E-state index contributed by atoms with van der Waals surface area (Å²) < 4.78 is 0. The van der Waals surface area contributed by atoms with Gasteiger partial charge in [-0.15, -0.1) is 0 Å². The Bertz CT molecular complexity index is 444. The Morgan fingerprint density at radius 1 is 1.47 bits per heavy atom. The Balaban J connectivity index is 2.68. The van der Waals surface area contributed by atoms with Crippen molar-refractivity contribution in [2.24, 2.45) is 0 Å². The molecule has 17 heavy (non-hydrogen) atoms. The van der Waals surface area contributed by atoms with Crippen molar-refractivity contribution in [1.29, 1.82) is 0 Å². The molecule has 0 aromatic heterocycles. The molecule has 0 bridgehead atoms. The van der Waals surface area contributed by atoms with Crippen LogP contribution in [-0.2, 0) is 4.79 Å². The van der Waals surface area contributed by atoms with E-state index in [4.69, 9.17) is 28.3 Å². The summed E-state index contributed by atoms with van der Waals surface area (Å²) in [7, 11) is 0. The van der Waals surface area contributed by atoms with Gasteiger partial charge in [0, 0.05) is 12.1 Å². The molecule has 0 aliphatic carbocycles. The van der Waals surface area contributed by atoms with Gasteiger partial charge in [0.25, 0.3) is 0 Å². The summed E-state index contributed by atoms with van der Waals surface area (Å²) in [6.07, 6.45) is 2.11. The standard InChI is InChI=1S/C12H13Cl2NO2/c1-2-8(12(16)17)6-7-15-10-5-3-4-9(13)11(10)14/h3-6,15H,2,7H2,1H3,(H,16,17)/b8-6-. The summed E-state index contributed by atoms with van der Waals surface area (Å²) in [5.74, 6) is -0.897. The van der Waals surface area contributed by atoms with Gasteiger partial charge in [0.2, 0.25) is 0 Å². The Morgan fingerprint density at radius 3 is 2.76 bits per heavy atom. The van der Waals surface area contributed by atoms with Crippen molar-refractivity contribution in [2.45, 2.75) is 13.3 Å². The first-order valence-electron chi connectivity index (χ1n) is 5.16. The zero-order valence-corrected chi connectivity index (χ0v) is 10.8. The second-order valence-corrected chi connectivity index (χ2v) is 4.16. The fourth-order valence-corrected chi connectivity index (χ4v) is 1.67. The van der Waals surface area contributed by atoms with E-state index in [1.165, 1.54) is 0 Å². The number of carbonyl (C=O) groups is 1. The smallest absolute Gasteiger partial charge is 0.331 e. The van der Waals surface area contributed by atoms with Crippen molar-refractivity contribution in [2.75, 3.05) is 11.9 Å². The summed E-state index contributed by atoms with van der Waals surface area (Å²) in [6, 6.07) is 5.26. The minimum Gasteiger partial charge on any atom is -0.478 e. The van der Waals surface area contributed by atoms with Crippen molar-refractivity contribution in [3.63, 3.8) is 0 Å². The highest BCUT2D eigenvalue weighted by Gasteiger charge is 2.05. The molecule has 0 radical (unpaired) electrons. The Labute approximate surface area is 110 Å². The number of hydrogen-bond acceptors (Lipinski definition) is 2. The molecule has 0 amide bonds. The monoisotopic (exact) mass is 273 g/mol. The topological polar surface area (TPSA) is 49.3 Å². The van der Waals surface area contributed by atoms with E-state index in [0.717, 1.165) is 0 Å². The lowest BCUT2D eigenvalue weighted by Crippen LogP contribution is -2.05. The fraction of sp³-hybridized carbons (Fsp3) is 0.250. The van der Waals surface area contributed by atoms with Crippen LogP contribution in [0.2, 0.25) is 10.0 Å². The van der Waals surface area contributed by atoms with Crippen LogP contribution in [0.1, 0.15) is 13.3 Å².